The molecule has 2 aromatic rings. The first-order valence-electron chi connectivity index (χ1n) is 6.86. The van der Waals surface area contributed by atoms with Crippen molar-refractivity contribution in [3.63, 3.8) is 0 Å². The fraction of sp³-hybridized carbons (Fsp3) is 0.125. The molecule has 1 aromatic heterocycles. The van der Waals surface area contributed by atoms with Gasteiger partial charge in [-0.3, -0.25) is 5.43 Å². The Bertz CT molecular complexity index is 846. The molecule has 0 amide bonds. The molecule has 0 fully saturated rings. The van der Waals surface area contributed by atoms with Crippen molar-refractivity contribution in [1.82, 2.24) is 0 Å². The molecule has 0 unspecified atom stereocenters. The normalized spacial score (nSPS) is 14.0. The SMILES string of the molecule is COC(=O)c1sccc1NN=CC1=C(Cl)c2cc(Cl)ccc2SC1. The lowest BCUT2D eigenvalue weighted by molar-refractivity contribution is 0.0607. The predicted octanol–water partition coefficient (Wildman–Crippen LogP) is 5.34. The van der Waals surface area contributed by atoms with Crippen LogP contribution in [-0.4, -0.2) is 25.0 Å². The number of carbonyl (C=O) groups excluding carboxylic acids is 1. The number of nitrogens with one attached hydrogen (secondary N) is 1. The molecule has 0 saturated heterocycles. The molecule has 0 atom stereocenters. The van der Waals surface area contributed by atoms with Crippen LogP contribution in [0.2, 0.25) is 5.02 Å². The zero-order valence-electron chi connectivity index (χ0n) is 12.5. The predicted molar refractivity (Wildman–Crippen MR) is 103 cm³/mol. The minimum Gasteiger partial charge on any atom is -0.465 e. The van der Waals surface area contributed by atoms with E-state index in [4.69, 9.17) is 27.9 Å². The standard InChI is InChI=1S/C16H12Cl2N2O2S2/c1-22-16(21)15-12(4-5-23-15)20-19-7-9-8-24-13-3-2-10(17)6-11(13)14(9)18/h2-7,20H,8H2,1H3. The van der Waals surface area contributed by atoms with Gasteiger partial charge in [-0.1, -0.05) is 23.2 Å². The number of methoxy groups -OCH3 is 1. The number of hydrogen-bond donors (Lipinski definition) is 1. The average molecular weight is 399 g/mol. The molecule has 2 heterocycles. The van der Waals surface area contributed by atoms with Crippen LogP contribution in [0.3, 0.4) is 0 Å². The molecular formula is C16H12Cl2N2O2S2. The van der Waals surface area contributed by atoms with E-state index in [0.717, 1.165) is 16.0 Å². The number of benzene rings is 1. The fourth-order valence-electron chi connectivity index (χ4n) is 2.11. The minimum absolute atomic E-state index is 0.392. The number of halogens is 2. The van der Waals surface area contributed by atoms with Gasteiger partial charge in [0.2, 0.25) is 0 Å². The van der Waals surface area contributed by atoms with Crippen LogP contribution >= 0.6 is 46.3 Å². The second-order valence-corrected chi connectivity index (χ2v) is 7.54. The van der Waals surface area contributed by atoms with E-state index in [1.807, 2.05) is 18.2 Å². The molecule has 0 bridgehead atoms. The summed E-state index contributed by atoms with van der Waals surface area (Å²) in [4.78, 5) is 13.2. The van der Waals surface area contributed by atoms with Crippen LogP contribution in [0.25, 0.3) is 5.03 Å². The first-order chi connectivity index (χ1) is 11.6. The van der Waals surface area contributed by atoms with Crippen LogP contribution in [0.1, 0.15) is 15.2 Å². The zero-order valence-corrected chi connectivity index (χ0v) is 15.7. The fourth-order valence-corrected chi connectivity index (χ4v) is 4.46. The summed E-state index contributed by atoms with van der Waals surface area (Å²) in [6.07, 6.45) is 1.66. The van der Waals surface area contributed by atoms with Gasteiger partial charge in [-0.15, -0.1) is 23.1 Å². The van der Waals surface area contributed by atoms with Gasteiger partial charge < -0.3 is 4.74 Å². The van der Waals surface area contributed by atoms with Crippen LogP contribution in [-0.2, 0) is 4.74 Å². The first-order valence-corrected chi connectivity index (χ1v) is 9.48. The number of nitrogens with zero attached hydrogens (tertiary/aromatic N) is 1. The van der Waals surface area contributed by atoms with Crippen molar-refractivity contribution >= 4 is 69.2 Å². The van der Waals surface area contributed by atoms with Gasteiger partial charge in [-0.25, -0.2) is 4.79 Å². The van der Waals surface area contributed by atoms with Crippen LogP contribution in [0, 0.1) is 0 Å². The Morgan fingerprint density at radius 1 is 1.38 bits per heavy atom. The van der Waals surface area contributed by atoms with Gasteiger partial charge in [0, 0.05) is 26.8 Å². The summed E-state index contributed by atoms with van der Waals surface area (Å²) in [5.74, 6) is 0.323. The van der Waals surface area contributed by atoms with Crippen LogP contribution in [0.15, 0.2) is 45.2 Å². The summed E-state index contributed by atoms with van der Waals surface area (Å²) in [6.45, 7) is 0. The maximum Gasteiger partial charge on any atom is 0.350 e. The van der Waals surface area contributed by atoms with Crippen LogP contribution in [0.5, 0.6) is 0 Å². The number of rotatable bonds is 4. The third-order valence-electron chi connectivity index (χ3n) is 3.28. The van der Waals surface area contributed by atoms with E-state index in [2.05, 4.69) is 10.5 Å². The van der Waals surface area contributed by atoms with Crippen LogP contribution < -0.4 is 5.43 Å². The van der Waals surface area contributed by atoms with Gasteiger partial charge >= 0.3 is 5.97 Å². The van der Waals surface area contributed by atoms with E-state index in [-0.39, 0.29) is 0 Å². The molecule has 1 N–H and O–H groups in total. The zero-order chi connectivity index (χ0) is 17.1. The Hall–Kier alpha value is -1.47. The number of esters is 1. The highest BCUT2D eigenvalue weighted by atomic mass is 35.5. The number of carbonyl (C=O) groups is 1. The van der Waals surface area contributed by atoms with E-state index < -0.39 is 5.97 Å². The molecule has 1 aliphatic heterocycles. The van der Waals surface area contributed by atoms with Crippen molar-refractivity contribution in [2.45, 2.75) is 4.90 Å². The summed E-state index contributed by atoms with van der Waals surface area (Å²) in [5, 5.41) is 7.27. The van der Waals surface area contributed by atoms with Gasteiger partial charge in [0.1, 0.15) is 4.88 Å². The number of ether oxygens (including phenoxy) is 1. The molecule has 3 rings (SSSR count). The second-order valence-electron chi connectivity index (χ2n) is 4.79. The Morgan fingerprint density at radius 3 is 3.00 bits per heavy atom. The molecule has 24 heavy (non-hydrogen) atoms. The number of anilines is 1. The Kier molecular flexibility index (Phi) is 5.50. The van der Waals surface area contributed by atoms with Crippen molar-refractivity contribution in [2.75, 3.05) is 18.3 Å². The summed E-state index contributed by atoms with van der Waals surface area (Å²) < 4.78 is 4.73. The van der Waals surface area contributed by atoms with Gasteiger partial charge in [0.05, 0.1) is 24.0 Å². The monoisotopic (exact) mass is 398 g/mol. The molecule has 124 valence electrons. The van der Waals surface area contributed by atoms with E-state index >= 15 is 0 Å². The average Bonchev–Trinajstić information content (AvgIpc) is 3.05. The summed E-state index contributed by atoms with van der Waals surface area (Å²) in [5.41, 5.74) is 5.26. The molecule has 0 radical (unpaired) electrons. The van der Waals surface area contributed by atoms with Crippen molar-refractivity contribution in [2.24, 2.45) is 5.10 Å². The molecule has 4 nitrogen and oxygen atoms in total. The van der Waals surface area contributed by atoms with E-state index in [0.29, 0.717) is 26.4 Å². The topological polar surface area (TPSA) is 50.7 Å². The van der Waals surface area contributed by atoms with Crippen LogP contribution in [0.4, 0.5) is 5.69 Å². The molecule has 1 aromatic carbocycles. The third kappa shape index (κ3) is 3.62. The minimum atomic E-state index is -0.392. The maximum atomic E-state index is 11.6. The molecular weight excluding hydrogens is 387 g/mol. The number of hydrogen-bond acceptors (Lipinski definition) is 6. The summed E-state index contributed by atoms with van der Waals surface area (Å²) >= 11 is 15.5. The molecule has 0 saturated carbocycles. The maximum absolute atomic E-state index is 11.6. The van der Waals surface area contributed by atoms with Gasteiger partial charge in [-0.2, -0.15) is 5.10 Å². The smallest absolute Gasteiger partial charge is 0.350 e. The summed E-state index contributed by atoms with van der Waals surface area (Å²) in [7, 11) is 1.35. The molecule has 8 heteroatoms. The molecule has 1 aliphatic rings. The molecule has 0 spiro atoms. The quantitative estimate of drug-likeness (QED) is 0.428. The largest absolute Gasteiger partial charge is 0.465 e. The van der Waals surface area contributed by atoms with Crippen molar-refractivity contribution in [3.8, 4) is 0 Å². The number of hydrazone groups is 1. The number of fused-ring (bicyclic) bond motifs is 1. The second kappa shape index (κ2) is 7.61. The number of thiophene rings is 1. The van der Waals surface area contributed by atoms with Gasteiger partial charge in [0.15, 0.2) is 0 Å². The molecule has 0 aliphatic carbocycles. The van der Waals surface area contributed by atoms with E-state index in [1.54, 1.807) is 29.4 Å². The van der Waals surface area contributed by atoms with E-state index in [9.17, 15) is 4.79 Å². The first kappa shape index (κ1) is 17.4. The third-order valence-corrected chi connectivity index (χ3v) is 5.98. The Morgan fingerprint density at radius 2 is 2.21 bits per heavy atom. The van der Waals surface area contributed by atoms with Crippen molar-refractivity contribution < 1.29 is 9.53 Å². The highest BCUT2D eigenvalue weighted by Gasteiger charge is 2.18. The number of thioether (sulfide) groups is 1. The van der Waals surface area contributed by atoms with Gasteiger partial charge in [0.25, 0.3) is 0 Å². The van der Waals surface area contributed by atoms with Crippen molar-refractivity contribution in [3.05, 3.63) is 50.7 Å². The lowest BCUT2D eigenvalue weighted by Gasteiger charge is -2.17. The van der Waals surface area contributed by atoms with E-state index in [1.165, 1.54) is 18.4 Å². The Balaban J connectivity index is 1.79. The van der Waals surface area contributed by atoms with Gasteiger partial charge in [-0.05, 0) is 29.6 Å². The van der Waals surface area contributed by atoms with Crippen molar-refractivity contribution in [1.29, 1.82) is 0 Å². The highest BCUT2D eigenvalue weighted by molar-refractivity contribution is 7.99. The Labute approximate surface area is 157 Å². The lowest BCUT2D eigenvalue weighted by Crippen LogP contribution is -2.04. The lowest BCUT2D eigenvalue weighted by atomic mass is 10.1. The highest BCUT2D eigenvalue weighted by Crippen LogP contribution is 2.39. The summed E-state index contributed by atoms with van der Waals surface area (Å²) in [6, 6.07) is 7.43.